The number of sulfonamides is 1. The van der Waals surface area contributed by atoms with E-state index in [1.807, 2.05) is 0 Å². The molecule has 21 heavy (non-hydrogen) atoms. The molecule has 0 aromatic heterocycles. The first-order valence-electron chi connectivity index (χ1n) is 6.72. The predicted molar refractivity (Wildman–Crippen MR) is 75.0 cm³/mol. The number of hydrogen-bond donors (Lipinski definition) is 0. The van der Waals surface area contributed by atoms with Crippen molar-refractivity contribution in [2.75, 3.05) is 13.2 Å². The molecule has 0 N–H and O–H groups in total. The molecule has 1 aromatic rings. The number of esters is 1. The minimum Gasteiger partial charge on any atom is -0.465 e. The van der Waals surface area contributed by atoms with Crippen LogP contribution in [0.5, 0.6) is 0 Å². The third-order valence-corrected chi connectivity index (χ3v) is 5.21. The van der Waals surface area contributed by atoms with Crippen LogP contribution in [-0.4, -0.2) is 43.7 Å². The lowest BCUT2D eigenvalue weighted by Gasteiger charge is -2.32. The lowest BCUT2D eigenvalue weighted by Crippen LogP contribution is -2.50. The average molecular weight is 311 g/mol. The van der Waals surface area contributed by atoms with Crippen LogP contribution in [0.2, 0.25) is 0 Å². The van der Waals surface area contributed by atoms with E-state index in [9.17, 15) is 18.0 Å². The van der Waals surface area contributed by atoms with Crippen LogP contribution in [0, 0.1) is 0 Å². The SMILES string of the molecule is CCOC(=O)C1CC(=O)CCN1S(=O)(=O)c1ccccc1. The Labute approximate surface area is 123 Å². The summed E-state index contributed by atoms with van der Waals surface area (Å²) < 4.78 is 31.2. The molecule has 6 nitrogen and oxygen atoms in total. The highest BCUT2D eigenvalue weighted by Gasteiger charge is 2.41. The van der Waals surface area contributed by atoms with Crippen molar-refractivity contribution in [2.45, 2.75) is 30.7 Å². The third kappa shape index (κ3) is 3.30. The van der Waals surface area contributed by atoms with E-state index in [1.54, 1.807) is 25.1 Å². The Morgan fingerprint density at radius 3 is 2.62 bits per heavy atom. The van der Waals surface area contributed by atoms with Gasteiger partial charge in [0.05, 0.1) is 11.5 Å². The van der Waals surface area contributed by atoms with Crippen LogP contribution >= 0.6 is 0 Å². The highest BCUT2D eigenvalue weighted by Crippen LogP contribution is 2.24. The van der Waals surface area contributed by atoms with Crippen molar-refractivity contribution in [1.29, 1.82) is 0 Å². The van der Waals surface area contributed by atoms with Gasteiger partial charge in [0.2, 0.25) is 10.0 Å². The molecule has 1 atom stereocenters. The number of ether oxygens (including phenoxy) is 1. The van der Waals surface area contributed by atoms with E-state index in [1.165, 1.54) is 12.1 Å². The van der Waals surface area contributed by atoms with Gasteiger partial charge in [0.1, 0.15) is 11.8 Å². The van der Waals surface area contributed by atoms with Crippen LogP contribution in [-0.2, 0) is 24.3 Å². The summed E-state index contributed by atoms with van der Waals surface area (Å²) in [4.78, 5) is 23.6. The molecular weight excluding hydrogens is 294 g/mol. The van der Waals surface area contributed by atoms with Crippen molar-refractivity contribution >= 4 is 21.8 Å². The Hall–Kier alpha value is -1.73. The summed E-state index contributed by atoms with van der Waals surface area (Å²) in [5.41, 5.74) is 0. The molecule has 0 amide bonds. The second-order valence-corrected chi connectivity index (χ2v) is 6.58. The van der Waals surface area contributed by atoms with Crippen molar-refractivity contribution in [3.05, 3.63) is 30.3 Å². The largest absolute Gasteiger partial charge is 0.465 e. The molecule has 1 aliphatic heterocycles. The first kappa shape index (κ1) is 15.7. The molecule has 114 valence electrons. The summed E-state index contributed by atoms with van der Waals surface area (Å²) in [6.45, 7) is 1.78. The molecule has 1 saturated heterocycles. The molecule has 0 saturated carbocycles. The maximum atomic E-state index is 12.6. The van der Waals surface area contributed by atoms with Gasteiger partial charge in [0.25, 0.3) is 0 Å². The van der Waals surface area contributed by atoms with E-state index in [-0.39, 0.29) is 36.7 Å². The van der Waals surface area contributed by atoms with Gasteiger partial charge in [-0.15, -0.1) is 0 Å². The van der Waals surface area contributed by atoms with Crippen molar-refractivity contribution < 1.29 is 22.7 Å². The van der Waals surface area contributed by atoms with Gasteiger partial charge < -0.3 is 4.74 Å². The van der Waals surface area contributed by atoms with Gasteiger partial charge in [0.15, 0.2) is 0 Å². The van der Waals surface area contributed by atoms with E-state index in [0.717, 1.165) is 4.31 Å². The predicted octanol–water partition coefficient (Wildman–Crippen LogP) is 0.972. The highest BCUT2D eigenvalue weighted by molar-refractivity contribution is 7.89. The fourth-order valence-corrected chi connectivity index (χ4v) is 3.86. The van der Waals surface area contributed by atoms with Crippen molar-refractivity contribution in [3.8, 4) is 0 Å². The van der Waals surface area contributed by atoms with Crippen molar-refractivity contribution in [2.24, 2.45) is 0 Å². The Morgan fingerprint density at radius 2 is 2.00 bits per heavy atom. The van der Waals surface area contributed by atoms with Gasteiger partial charge in [-0.3, -0.25) is 9.59 Å². The van der Waals surface area contributed by atoms with Crippen LogP contribution in [0.4, 0.5) is 0 Å². The maximum Gasteiger partial charge on any atom is 0.324 e. The zero-order chi connectivity index (χ0) is 15.5. The smallest absolute Gasteiger partial charge is 0.324 e. The molecule has 7 heteroatoms. The molecule has 1 heterocycles. The van der Waals surface area contributed by atoms with E-state index < -0.39 is 22.0 Å². The summed E-state index contributed by atoms with van der Waals surface area (Å²) in [6, 6.07) is 6.79. The zero-order valence-electron chi connectivity index (χ0n) is 11.7. The van der Waals surface area contributed by atoms with Gasteiger partial charge in [-0.25, -0.2) is 8.42 Å². The monoisotopic (exact) mass is 311 g/mol. The molecule has 0 aliphatic carbocycles. The molecule has 1 fully saturated rings. The topological polar surface area (TPSA) is 80.8 Å². The summed E-state index contributed by atoms with van der Waals surface area (Å²) in [5.74, 6) is -0.808. The summed E-state index contributed by atoms with van der Waals surface area (Å²) in [5, 5.41) is 0. The second-order valence-electron chi connectivity index (χ2n) is 4.69. The minimum absolute atomic E-state index is 0.000454. The maximum absolute atomic E-state index is 12.6. The molecule has 1 aliphatic rings. The number of rotatable bonds is 4. The lowest BCUT2D eigenvalue weighted by atomic mass is 10.0. The number of carbonyl (C=O) groups is 2. The van der Waals surface area contributed by atoms with Crippen molar-refractivity contribution in [3.63, 3.8) is 0 Å². The summed E-state index contributed by atoms with van der Waals surface area (Å²) >= 11 is 0. The van der Waals surface area contributed by atoms with E-state index in [4.69, 9.17) is 4.74 Å². The molecule has 1 unspecified atom stereocenters. The van der Waals surface area contributed by atoms with Crippen LogP contribution in [0.25, 0.3) is 0 Å². The summed E-state index contributed by atoms with van der Waals surface area (Å²) in [6.07, 6.45) is -0.0210. The number of piperidine rings is 1. The molecule has 2 rings (SSSR count). The number of carbonyl (C=O) groups excluding carboxylic acids is 2. The number of hydrogen-bond acceptors (Lipinski definition) is 5. The van der Waals surface area contributed by atoms with Crippen LogP contribution in [0.3, 0.4) is 0 Å². The fraction of sp³-hybridized carbons (Fsp3) is 0.429. The Balaban J connectivity index is 2.35. The van der Waals surface area contributed by atoms with Crippen LogP contribution in [0.1, 0.15) is 19.8 Å². The van der Waals surface area contributed by atoms with Gasteiger partial charge in [-0.2, -0.15) is 4.31 Å². The Bertz CT molecular complexity index is 626. The first-order valence-corrected chi connectivity index (χ1v) is 8.16. The molecule has 0 spiro atoms. The first-order chi connectivity index (χ1) is 9.96. The lowest BCUT2D eigenvalue weighted by molar-refractivity contribution is -0.150. The van der Waals surface area contributed by atoms with E-state index in [0.29, 0.717) is 0 Å². The Kier molecular flexibility index (Phi) is 4.74. The van der Waals surface area contributed by atoms with Crippen LogP contribution in [0.15, 0.2) is 35.2 Å². The molecule has 0 radical (unpaired) electrons. The highest BCUT2D eigenvalue weighted by atomic mass is 32.2. The summed E-state index contributed by atoms with van der Waals surface area (Å²) in [7, 11) is -3.82. The van der Waals surface area contributed by atoms with Crippen LogP contribution < -0.4 is 0 Å². The molecule has 1 aromatic carbocycles. The number of Topliss-reactive ketones (excluding diaryl/α,β-unsaturated/α-hetero) is 1. The zero-order valence-corrected chi connectivity index (χ0v) is 12.5. The minimum atomic E-state index is -3.82. The van der Waals surface area contributed by atoms with Gasteiger partial charge in [-0.1, -0.05) is 18.2 Å². The van der Waals surface area contributed by atoms with Gasteiger partial charge in [0, 0.05) is 19.4 Å². The average Bonchev–Trinajstić information content (AvgIpc) is 2.48. The number of ketones is 1. The van der Waals surface area contributed by atoms with Gasteiger partial charge in [-0.05, 0) is 19.1 Å². The number of nitrogens with zero attached hydrogens (tertiary/aromatic N) is 1. The van der Waals surface area contributed by atoms with Crippen molar-refractivity contribution in [1.82, 2.24) is 4.31 Å². The quantitative estimate of drug-likeness (QED) is 0.774. The van der Waals surface area contributed by atoms with Gasteiger partial charge >= 0.3 is 5.97 Å². The number of benzene rings is 1. The normalized spacial score (nSPS) is 20.2. The standard InChI is InChI=1S/C14H17NO5S/c1-2-20-14(17)13-10-11(16)8-9-15(13)21(18,19)12-6-4-3-5-7-12/h3-7,13H,2,8-10H2,1H3. The second kappa shape index (κ2) is 6.36. The third-order valence-electron chi connectivity index (χ3n) is 3.29. The Morgan fingerprint density at radius 1 is 1.33 bits per heavy atom. The molecule has 0 bridgehead atoms. The van der Waals surface area contributed by atoms with E-state index >= 15 is 0 Å². The van der Waals surface area contributed by atoms with E-state index in [2.05, 4.69) is 0 Å². The molecular formula is C14H17NO5S. The fourth-order valence-electron chi connectivity index (χ4n) is 2.27.